The molecular formula is C16H15F2N5OS. The fourth-order valence-corrected chi connectivity index (χ4v) is 2.98. The van der Waals surface area contributed by atoms with Crippen molar-refractivity contribution in [2.24, 2.45) is 0 Å². The number of fused-ring (bicyclic) bond motifs is 1. The monoisotopic (exact) mass is 363 g/mol. The highest BCUT2D eigenvalue weighted by molar-refractivity contribution is 8.00. The number of hydrogen-bond acceptors (Lipinski definition) is 5. The van der Waals surface area contributed by atoms with Gasteiger partial charge >= 0.3 is 0 Å². The molecule has 0 spiro atoms. The van der Waals surface area contributed by atoms with Gasteiger partial charge in [-0.25, -0.2) is 18.3 Å². The van der Waals surface area contributed by atoms with Crippen molar-refractivity contribution in [3.63, 3.8) is 0 Å². The van der Waals surface area contributed by atoms with E-state index < -0.39 is 22.8 Å². The van der Waals surface area contributed by atoms with E-state index in [0.717, 1.165) is 29.2 Å². The summed E-state index contributed by atoms with van der Waals surface area (Å²) in [5.41, 5.74) is 1.63. The van der Waals surface area contributed by atoms with Crippen molar-refractivity contribution in [3.8, 4) is 0 Å². The van der Waals surface area contributed by atoms with Crippen LogP contribution in [0.2, 0.25) is 0 Å². The number of anilines is 1. The SMILES string of the molecule is Cc1cc(C)n2nc(SC(C)C(=O)Nc3ccc(F)cc3F)nc2n1. The van der Waals surface area contributed by atoms with Gasteiger partial charge in [0, 0.05) is 17.5 Å². The number of benzene rings is 1. The Bertz CT molecular complexity index is 959. The van der Waals surface area contributed by atoms with Gasteiger partial charge in [0.2, 0.25) is 11.1 Å². The van der Waals surface area contributed by atoms with Crippen LogP contribution in [-0.2, 0) is 4.79 Å². The van der Waals surface area contributed by atoms with E-state index in [9.17, 15) is 13.6 Å². The Morgan fingerprint density at radius 3 is 2.72 bits per heavy atom. The minimum absolute atomic E-state index is 0.0741. The van der Waals surface area contributed by atoms with Gasteiger partial charge in [-0.2, -0.15) is 4.98 Å². The molecule has 3 aromatic rings. The first-order chi connectivity index (χ1) is 11.8. The number of carbonyl (C=O) groups is 1. The second kappa shape index (κ2) is 6.75. The van der Waals surface area contributed by atoms with Crippen molar-refractivity contribution in [2.75, 3.05) is 5.32 Å². The molecule has 1 amide bonds. The molecular weight excluding hydrogens is 348 g/mol. The van der Waals surface area contributed by atoms with Gasteiger partial charge in [-0.1, -0.05) is 11.8 Å². The van der Waals surface area contributed by atoms with Crippen molar-refractivity contribution in [3.05, 3.63) is 47.3 Å². The lowest BCUT2D eigenvalue weighted by Gasteiger charge is -2.10. The lowest BCUT2D eigenvalue weighted by atomic mass is 10.3. The number of aromatic nitrogens is 4. The van der Waals surface area contributed by atoms with Crippen molar-refractivity contribution in [1.82, 2.24) is 19.6 Å². The molecule has 0 saturated heterocycles. The van der Waals surface area contributed by atoms with Crippen LogP contribution in [0.5, 0.6) is 0 Å². The number of hydrogen-bond donors (Lipinski definition) is 1. The minimum Gasteiger partial charge on any atom is -0.323 e. The van der Waals surface area contributed by atoms with E-state index in [-0.39, 0.29) is 5.69 Å². The molecule has 130 valence electrons. The zero-order valence-corrected chi connectivity index (χ0v) is 14.6. The van der Waals surface area contributed by atoms with Gasteiger partial charge in [0.15, 0.2) is 0 Å². The van der Waals surface area contributed by atoms with E-state index in [2.05, 4.69) is 20.4 Å². The first-order valence-electron chi connectivity index (χ1n) is 7.47. The molecule has 1 aromatic carbocycles. The number of thioether (sulfide) groups is 1. The normalized spacial score (nSPS) is 12.4. The van der Waals surface area contributed by atoms with Crippen LogP contribution in [0.4, 0.5) is 14.5 Å². The third kappa shape index (κ3) is 3.76. The Morgan fingerprint density at radius 1 is 1.24 bits per heavy atom. The molecule has 2 aromatic heterocycles. The largest absolute Gasteiger partial charge is 0.323 e. The number of carbonyl (C=O) groups excluding carboxylic acids is 1. The number of aryl methyl sites for hydroxylation is 2. The highest BCUT2D eigenvalue weighted by atomic mass is 32.2. The molecule has 0 bridgehead atoms. The van der Waals surface area contributed by atoms with Gasteiger partial charge in [0.25, 0.3) is 5.78 Å². The zero-order chi connectivity index (χ0) is 18.1. The first kappa shape index (κ1) is 17.3. The number of amides is 1. The molecule has 0 aliphatic rings. The fourth-order valence-electron chi connectivity index (χ4n) is 2.23. The quantitative estimate of drug-likeness (QED) is 0.721. The van der Waals surface area contributed by atoms with Gasteiger partial charge in [-0.05, 0) is 39.0 Å². The second-order valence-electron chi connectivity index (χ2n) is 5.52. The molecule has 0 radical (unpaired) electrons. The van der Waals surface area contributed by atoms with Gasteiger partial charge < -0.3 is 5.32 Å². The lowest BCUT2D eigenvalue weighted by molar-refractivity contribution is -0.115. The Morgan fingerprint density at radius 2 is 2.00 bits per heavy atom. The van der Waals surface area contributed by atoms with Crippen LogP contribution in [-0.4, -0.2) is 30.7 Å². The molecule has 9 heteroatoms. The van der Waals surface area contributed by atoms with Gasteiger partial charge in [0.05, 0.1) is 10.9 Å². The Kier molecular flexibility index (Phi) is 4.67. The lowest BCUT2D eigenvalue weighted by Crippen LogP contribution is -2.23. The molecule has 0 aliphatic heterocycles. The summed E-state index contributed by atoms with van der Waals surface area (Å²) in [6.45, 7) is 5.40. The average Bonchev–Trinajstić information content (AvgIpc) is 2.92. The minimum atomic E-state index is -0.827. The molecule has 1 N–H and O–H groups in total. The Balaban J connectivity index is 1.74. The van der Waals surface area contributed by atoms with E-state index in [1.54, 1.807) is 11.4 Å². The van der Waals surface area contributed by atoms with Crippen LogP contribution >= 0.6 is 11.8 Å². The molecule has 0 fully saturated rings. The van der Waals surface area contributed by atoms with E-state index >= 15 is 0 Å². The van der Waals surface area contributed by atoms with Crippen molar-refractivity contribution < 1.29 is 13.6 Å². The van der Waals surface area contributed by atoms with Crippen LogP contribution in [0.25, 0.3) is 5.78 Å². The summed E-state index contributed by atoms with van der Waals surface area (Å²) >= 11 is 1.13. The number of rotatable bonds is 4. The van der Waals surface area contributed by atoms with Crippen molar-refractivity contribution >= 4 is 29.1 Å². The molecule has 1 atom stereocenters. The maximum absolute atomic E-state index is 13.6. The standard InChI is InChI=1S/C16H15F2N5OS/c1-8-6-9(2)23-15(19-8)21-16(22-23)25-10(3)14(24)20-13-5-4-11(17)7-12(13)18/h4-7,10H,1-3H3,(H,20,24). The maximum Gasteiger partial charge on any atom is 0.253 e. The molecule has 3 rings (SSSR count). The average molecular weight is 363 g/mol. The predicted octanol–water partition coefficient (Wildman–Crippen LogP) is 3.14. The first-order valence-corrected chi connectivity index (χ1v) is 8.35. The van der Waals surface area contributed by atoms with E-state index in [1.165, 1.54) is 6.07 Å². The summed E-state index contributed by atoms with van der Waals surface area (Å²) in [5.74, 6) is -1.51. The van der Waals surface area contributed by atoms with E-state index in [1.807, 2.05) is 19.9 Å². The van der Waals surface area contributed by atoms with Gasteiger partial charge in [-0.3, -0.25) is 4.79 Å². The maximum atomic E-state index is 13.6. The predicted molar refractivity (Wildman–Crippen MR) is 90.6 cm³/mol. The van der Waals surface area contributed by atoms with Crippen LogP contribution in [0.15, 0.2) is 29.4 Å². The summed E-state index contributed by atoms with van der Waals surface area (Å²) in [6, 6.07) is 4.85. The fraction of sp³-hybridized carbons (Fsp3) is 0.250. The summed E-state index contributed by atoms with van der Waals surface area (Å²) in [5, 5.41) is 6.56. The smallest absolute Gasteiger partial charge is 0.253 e. The van der Waals surface area contributed by atoms with Crippen LogP contribution in [0, 0.1) is 25.5 Å². The molecule has 0 saturated carbocycles. The van der Waals surface area contributed by atoms with Crippen molar-refractivity contribution in [1.29, 1.82) is 0 Å². The number of nitrogens with zero attached hydrogens (tertiary/aromatic N) is 4. The van der Waals surface area contributed by atoms with Gasteiger partial charge in [0.1, 0.15) is 11.6 Å². The topological polar surface area (TPSA) is 72.2 Å². The van der Waals surface area contributed by atoms with Crippen molar-refractivity contribution in [2.45, 2.75) is 31.2 Å². The Labute approximate surface area is 146 Å². The van der Waals surface area contributed by atoms with Crippen LogP contribution < -0.4 is 5.32 Å². The molecule has 2 heterocycles. The second-order valence-corrected chi connectivity index (χ2v) is 6.83. The molecule has 6 nitrogen and oxygen atoms in total. The van der Waals surface area contributed by atoms with E-state index in [4.69, 9.17) is 0 Å². The van der Waals surface area contributed by atoms with Crippen LogP contribution in [0.3, 0.4) is 0 Å². The molecule has 1 unspecified atom stereocenters. The summed E-state index contributed by atoms with van der Waals surface area (Å²) in [6.07, 6.45) is 0. The highest BCUT2D eigenvalue weighted by Crippen LogP contribution is 2.23. The Hall–Kier alpha value is -2.55. The summed E-state index contributed by atoms with van der Waals surface area (Å²) in [7, 11) is 0. The third-order valence-electron chi connectivity index (χ3n) is 3.44. The number of halogens is 2. The van der Waals surface area contributed by atoms with Crippen LogP contribution in [0.1, 0.15) is 18.3 Å². The van der Waals surface area contributed by atoms with E-state index in [0.29, 0.717) is 17.0 Å². The number of nitrogens with one attached hydrogen (secondary N) is 1. The zero-order valence-electron chi connectivity index (χ0n) is 13.7. The summed E-state index contributed by atoms with van der Waals surface area (Å²) < 4.78 is 28.1. The summed E-state index contributed by atoms with van der Waals surface area (Å²) in [4.78, 5) is 20.8. The highest BCUT2D eigenvalue weighted by Gasteiger charge is 2.19. The third-order valence-corrected chi connectivity index (χ3v) is 4.39. The molecule has 0 aliphatic carbocycles. The van der Waals surface area contributed by atoms with Gasteiger partial charge in [-0.15, -0.1) is 5.10 Å². The molecule has 25 heavy (non-hydrogen) atoms.